The molecule has 0 spiro atoms. The van der Waals surface area contributed by atoms with Crippen LogP contribution in [0.5, 0.6) is 5.88 Å². The maximum atomic E-state index is 13.3. The third kappa shape index (κ3) is 3.48. The summed E-state index contributed by atoms with van der Waals surface area (Å²) < 4.78 is 18.7. The number of nitrogen functional groups attached to an aromatic ring is 1. The number of hydrogen-bond donors (Lipinski definition) is 2. The summed E-state index contributed by atoms with van der Waals surface area (Å²) in [7, 11) is 0. The van der Waals surface area contributed by atoms with E-state index < -0.39 is 5.82 Å². The second-order valence-electron chi connectivity index (χ2n) is 4.07. The molecule has 0 atom stereocenters. The fourth-order valence-corrected chi connectivity index (χ4v) is 1.78. The molecule has 0 aliphatic rings. The Kier molecular flexibility index (Phi) is 4.57. The molecule has 0 aliphatic heterocycles. The van der Waals surface area contributed by atoms with E-state index in [-0.39, 0.29) is 10.7 Å². The Morgan fingerprint density at radius 1 is 1.35 bits per heavy atom. The average Bonchev–Trinajstić information content (AvgIpc) is 2.38. The van der Waals surface area contributed by atoms with E-state index >= 15 is 0 Å². The van der Waals surface area contributed by atoms with Crippen molar-refractivity contribution in [2.75, 3.05) is 17.7 Å². The molecule has 7 heteroatoms. The summed E-state index contributed by atoms with van der Waals surface area (Å²) in [5.74, 6) is 0.190. The minimum atomic E-state index is -0.449. The topological polar surface area (TPSA) is 73.1 Å². The van der Waals surface area contributed by atoms with Crippen LogP contribution in [0.1, 0.15) is 13.3 Å². The maximum Gasteiger partial charge on any atom is 0.242 e. The van der Waals surface area contributed by atoms with E-state index in [9.17, 15) is 4.39 Å². The number of anilines is 3. The molecule has 0 amide bonds. The normalized spacial score (nSPS) is 10.3. The molecule has 2 aromatic rings. The van der Waals surface area contributed by atoms with Crippen LogP contribution in [0, 0.1) is 5.82 Å². The van der Waals surface area contributed by atoms with Crippen LogP contribution in [0.3, 0.4) is 0 Å². The zero-order valence-electron chi connectivity index (χ0n) is 10.9. The molecule has 5 nitrogen and oxygen atoms in total. The molecule has 1 heterocycles. The summed E-state index contributed by atoms with van der Waals surface area (Å²) in [5, 5.41) is 3.17. The van der Waals surface area contributed by atoms with Gasteiger partial charge in [0.2, 0.25) is 5.88 Å². The third-order valence-corrected chi connectivity index (χ3v) is 2.63. The second kappa shape index (κ2) is 6.38. The van der Waals surface area contributed by atoms with Crippen molar-refractivity contribution in [2.24, 2.45) is 0 Å². The Bertz CT molecular complexity index is 589. The quantitative estimate of drug-likeness (QED) is 0.885. The summed E-state index contributed by atoms with van der Waals surface area (Å²) >= 11 is 5.79. The highest BCUT2D eigenvalue weighted by Crippen LogP contribution is 2.28. The molecule has 106 valence electrons. The Balaban J connectivity index is 2.24. The molecule has 0 unspecified atom stereocenters. The maximum absolute atomic E-state index is 13.3. The number of hydrogen-bond acceptors (Lipinski definition) is 5. The average molecular weight is 297 g/mol. The van der Waals surface area contributed by atoms with Gasteiger partial charge >= 0.3 is 0 Å². The highest BCUT2D eigenvalue weighted by atomic mass is 35.5. The van der Waals surface area contributed by atoms with Crippen molar-refractivity contribution >= 4 is 28.8 Å². The lowest BCUT2D eigenvalue weighted by Gasteiger charge is -2.11. The van der Waals surface area contributed by atoms with Gasteiger partial charge in [0.25, 0.3) is 0 Å². The Morgan fingerprint density at radius 3 is 2.85 bits per heavy atom. The van der Waals surface area contributed by atoms with Crippen molar-refractivity contribution in [1.82, 2.24) is 9.97 Å². The molecule has 0 fully saturated rings. The van der Waals surface area contributed by atoms with Crippen molar-refractivity contribution in [3.05, 3.63) is 35.4 Å². The first-order chi connectivity index (χ1) is 9.60. The van der Waals surface area contributed by atoms with Crippen molar-refractivity contribution in [3.63, 3.8) is 0 Å². The van der Waals surface area contributed by atoms with Crippen molar-refractivity contribution in [3.8, 4) is 5.88 Å². The fourth-order valence-electron chi connectivity index (χ4n) is 1.56. The number of halogens is 2. The van der Waals surface area contributed by atoms with E-state index in [2.05, 4.69) is 15.3 Å². The van der Waals surface area contributed by atoms with Gasteiger partial charge in [-0.2, -0.15) is 4.98 Å². The van der Waals surface area contributed by atoms with Crippen LogP contribution < -0.4 is 15.8 Å². The number of rotatable bonds is 5. The molecule has 2 rings (SSSR count). The van der Waals surface area contributed by atoms with Gasteiger partial charge in [0.1, 0.15) is 17.8 Å². The summed E-state index contributed by atoms with van der Waals surface area (Å²) in [6.07, 6.45) is 2.16. The molecule has 0 radical (unpaired) electrons. The van der Waals surface area contributed by atoms with Crippen LogP contribution >= 0.6 is 11.6 Å². The van der Waals surface area contributed by atoms with Crippen LogP contribution in [0.4, 0.5) is 21.6 Å². The van der Waals surface area contributed by atoms with Crippen molar-refractivity contribution < 1.29 is 9.13 Å². The number of nitrogens with one attached hydrogen (secondary N) is 1. The number of aromatic nitrogens is 2. The van der Waals surface area contributed by atoms with Gasteiger partial charge in [0.15, 0.2) is 5.82 Å². The van der Waals surface area contributed by atoms with Gasteiger partial charge in [-0.05, 0) is 24.6 Å². The molecule has 20 heavy (non-hydrogen) atoms. The van der Waals surface area contributed by atoms with Crippen LogP contribution in [-0.4, -0.2) is 16.6 Å². The first-order valence-corrected chi connectivity index (χ1v) is 6.44. The van der Waals surface area contributed by atoms with Crippen LogP contribution in [0.2, 0.25) is 5.02 Å². The molecular weight excluding hydrogens is 283 g/mol. The van der Waals surface area contributed by atoms with E-state index in [0.29, 0.717) is 24.0 Å². The highest BCUT2D eigenvalue weighted by Gasteiger charge is 2.10. The lowest BCUT2D eigenvalue weighted by atomic mass is 10.3. The van der Waals surface area contributed by atoms with E-state index in [0.717, 1.165) is 6.42 Å². The predicted octanol–water partition coefficient (Wildman–Crippen LogP) is 3.38. The fraction of sp³-hybridized carbons (Fsp3) is 0.231. The van der Waals surface area contributed by atoms with Gasteiger partial charge in [0, 0.05) is 10.7 Å². The van der Waals surface area contributed by atoms with Crippen molar-refractivity contribution in [2.45, 2.75) is 13.3 Å². The first kappa shape index (κ1) is 14.3. The molecule has 1 aromatic carbocycles. The van der Waals surface area contributed by atoms with Crippen molar-refractivity contribution in [1.29, 1.82) is 0 Å². The number of benzene rings is 1. The summed E-state index contributed by atoms with van der Waals surface area (Å²) in [6, 6.07) is 4.07. The van der Waals surface area contributed by atoms with E-state index in [1.54, 1.807) is 6.07 Å². The van der Waals surface area contributed by atoms with Gasteiger partial charge in [-0.1, -0.05) is 18.5 Å². The Morgan fingerprint density at radius 2 is 2.15 bits per heavy atom. The molecular formula is C13H14ClFN4O. The second-order valence-corrected chi connectivity index (χ2v) is 4.51. The minimum absolute atomic E-state index is 0.265. The van der Waals surface area contributed by atoms with Crippen LogP contribution in [-0.2, 0) is 0 Å². The standard InChI is InChI=1S/C13H14ClFN4O/c1-2-3-20-13-11(16)12(17-7-18-13)19-10-5-8(14)4-9(15)6-10/h4-7H,2-3,16H2,1H3,(H,17,18,19). The lowest BCUT2D eigenvalue weighted by molar-refractivity contribution is 0.307. The summed E-state index contributed by atoms with van der Waals surface area (Å²) in [4.78, 5) is 7.96. The SMILES string of the molecule is CCCOc1ncnc(Nc2cc(F)cc(Cl)c2)c1N. The summed E-state index contributed by atoms with van der Waals surface area (Å²) in [6.45, 7) is 2.48. The molecule has 0 saturated carbocycles. The van der Waals surface area contributed by atoms with Crippen LogP contribution in [0.15, 0.2) is 24.5 Å². The van der Waals surface area contributed by atoms with E-state index in [1.807, 2.05) is 6.92 Å². The van der Waals surface area contributed by atoms with Gasteiger partial charge in [-0.15, -0.1) is 0 Å². The molecule has 1 aromatic heterocycles. The first-order valence-electron chi connectivity index (χ1n) is 6.06. The van der Waals surface area contributed by atoms with Gasteiger partial charge in [-0.25, -0.2) is 9.37 Å². The lowest BCUT2D eigenvalue weighted by Crippen LogP contribution is -2.06. The van der Waals surface area contributed by atoms with Gasteiger partial charge in [0.05, 0.1) is 6.61 Å². The summed E-state index contributed by atoms with van der Waals surface area (Å²) in [5.41, 5.74) is 6.62. The zero-order chi connectivity index (χ0) is 14.5. The molecule has 0 aliphatic carbocycles. The minimum Gasteiger partial charge on any atom is -0.476 e. The van der Waals surface area contributed by atoms with E-state index in [1.165, 1.54) is 18.5 Å². The van der Waals surface area contributed by atoms with Gasteiger partial charge < -0.3 is 15.8 Å². The number of ether oxygens (including phenoxy) is 1. The van der Waals surface area contributed by atoms with Crippen LogP contribution in [0.25, 0.3) is 0 Å². The third-order valence-electron chi connectivity index (χ3n) is 2.42. The smallest absolute Gasteiger partial charge is 0.242 e. The Hall–Kier alpha value is -2.08. The number of nitrogens with zero attached hydrogens (tertiary/aromatic N) is 2. The molecule has 0 saturated heterocycles. The predicted molar refractivity (Wildman–Crippen MR) is 76.9 cm³/mol. The van der Waals surface area contributed by atoms with Gasteiger partial charge in [-0.3, -0.25) is 0 Å². The molecule has 0 bridgehead atoms. The Labute approximate surface area is 120 Å². The highest BCUT2D eigenvalue weighted by molar-refractivity contribution is 6.30. The largest absolute Gasteiger partial charge is 0.476 e. The zero-order valence-corrected chi connectivity index (χ0v) is 11.6. The number of nitrogens with two attached hydrogens (primary N) is 1. The van der Waals surface area contributed by atoms with E-state index in [4.69, 9.17) is 22.1 Å². The monoisotopic (exact) mass is 296 g/mol. The molecule has 3 N–H and O–H groups in total.